The van der Waals surface area contributed by atoms with Crippen molar-refractivity contribution in [3.63, 3.8) is 0 Å². The Kier molecular flexibility index (Phi) is 11.3. The highest BCUT2D eigenvalue weighted by Crippen LogP contribution is 2.46. The lowest BCUT2D eigenvalue weighted by Crippen LogP contribution is -2.43. The van der Waals surface area contributed by atoms with Gasteiger partial charge in [-0.25, -0.2) is 13.1 Å². The quantitative estimate of drug-likeness (QED) is 0.125. The number of hydrogen-bond donors (Lipinski definition) is 2. The first-order valence-electron chi connectivity index (χ1n) is 19.1. The zero-order valence-corrected chi connectivity index (χ0v) is 32.4. The van der Waals surface area contributed by atoms with Crippen molar-refractivity contribution in [1.82, 2.24) is 9.62 Å². The number of anilines is 1. The molecule has 0 saturated carbocycles. The highest BCUT2D eigenvalue weighted by atomic mass is 32.2. The Hall–Kier alpha value is -5.20. The SMILES string of the molecule is CC[C@@H]1CN(C(=O)CCCCCCCOc2cc3c(cc2OC)C(=O)N2CC=C(c4ccc(S(=O)(=O)NC)cc4)C[C@H]2C=N3)c2cc(O)c3ccccc3c21. The Bertz CT molecular complexity index is 2270. The second kappa shape index (κ2) is 16.3. The van der Waals surface area contributed by atoms with Crippen molar-refractivity contribution < 1.29 is 32.6 Å². The van der Waals surface area contributed by atoms with E-state index >= 15 is 0 Å². The number of ether oxygens (including phenoxy) is 2. The number of benzene rings is 4. The molecule has 3 heterocycles. The number of carbonyl (C=O) groups is 2. The molecule has 55 heavy (non-hydrogen) atoms. The number of amides is 2. The minimum Gasteiger partial charge on any atom is -0.507 e. The highest BCUT2D eigenvalue weighted by molar-refractivity contribution is 7.89. The Labute approximate surface area is 322 Å². The van der Waals surface area contributed by atoms with E-state index in [-0.39, 0.29) is 34.4 Å². The lowest BCUT2D eigenvalue weighted by molar-refractivity contribution is -0.118. The molecule has 0 aliphatic carbocycles. The van der Waals surface area contributed by atoms with E-state index in [0.717, 1.165) is 66.1 Å². The summed E-state index contributed by atoms with van der Waals surface area (Å²) in [5, 5.41) is 12.6. The van der Waals surface area contributed by atoms with Gasteiger partial charge in [0, 0.05) is 49.2 Å². The Balaban J connectivity index is 0.897. The molecule has 0 aromatic heterocycles. The van der Waals surface area contributed by atoms with Crippen LogP contribution in [0.1, 0.15) is 85.7 Å². The van der Waals surface area contributed by atoms with Gasteiger partial charge in [0.25, 0.3) is 5.91 Å². The van der Waals surface area contributed by atoms with Crippen LogP contribution in [0.2, 0.25) is 0 Å². The molecule has 2 atom stereocenters. The van der Waals surface area contributed by atoms with Crippen molar-refractivity contribution in [1.29, 1.82) is 0 Å². The van der Waals surface area contributed by atoms with Crippen LogP contribution in [-0.4, -0.2) is 76.3 Å². The number of methoxy groups -OCH3 is 1. The number of aliphatic imine (C=N–C) groups is 1. The number of sulfonamides is 1. The van der Waals surface area contributed by atoms with Gasteiger partial charge in [0.15, 0.2) is 11.5 Å². The minimum absolute atomic E-state index is 0.106. The number of carbonyl (C=O) groups excluding carboxylic acids is 2. The molecule has 0 unspecified atom stereocenters. The van der Waals surface area contributed by atoms with Crippen molar-refractivity contribution >= 4 is 55.8 Å². The van der Waals surface area contributed by atoms with Crippen LogP contribution in [-0.2, 0) is 14.8 Å². The Morgan fingerprint density at radius 1 is 0.982 bits per heavy atom. The first-order valence-corrected chi connectivity index (χ1v) is 20.6. The zero-order valence-electron chi connectivity index (χ0n) is 31.6. The number of nitrogens with zero attached hydrogens (tertiary/aromatic N) is 3. The smallest absolute Gasteiger partial charge is 0.257 e. The van der Waals surface area contributed by atoms with E-state index in [1.807, 2.05) is 35.2 Å². The lowest BCUT2D eigenvalue weighted by atomic mass is 9.93. The van der Waals surface area contributed by atoms with E-state index in [9.17, 15) is 23.1 Å². The van der Waals surface area contributed by atoms with Crippen LogP contribution in [0.15, 0.2) is 82.7 Å². The molecule has 0 fully saturated rings. The summed E-state index contributed by atoms with van der Waals surface area (Å²) in [6.07, 6.45) is 10.2. The maximum atomic E-state index is 13.7. The van der Waals surface area contributed by atoms with Crippen LogP contribution < -0.4 is 19.1 Å². The second-order valence-electron chi connectivity index (χ2n) is 14.3. The van der Waals surface area contributed by atoms with Crippen molar-refractivity contribution in [2.24, 2.45) is 4.99 Å². The number of aromatic hydroxyl groups is 1. The van der Waals surface area contributed by atoms with Gasteiger partial charge in [0.1, 0.15) is 5.75 Å². The largest absolute Gasteiger partial charge is 0.507 e. The summed E-state index contributed by atoms with van der Waals surface area (Å²) in [6.45, 7) is 3.67. The molecule has 3 aliphatic rings. The predicted molar refractivity (Wildman–Crippen MR) is 215 cm³/mol. The summed E-state index contributed by atoms with van der Waals surface area (Å²) in [4.78, 5) is 35.7. The van der Waals surface area contributed by atoms with Crippen molar-refractivity contribution in [3.05, 3.63) is 89.5 Å². The molecular weight excluding hydrogens is 717 g/mol. The molecule has 12 heteroatoms. The predicted octanol–water partition coefficient (Wildman–Crippen LogP) is 7.74. The third-order valence-corrected chi connectivity index (χ3v) is 12.5. The first kappa shape index (κ1) is 38.1. The molecule has 3 aliphatic heterocycles. The number of fused-ring (bicyclic) bond motifs is 5. The van der Waals surface area contributed by atoms with E-state index < -0.39 is 10.0 Å². The van der Waals surface area contributed by atoms with E-state index in [2.05, 4.69) is 11.6 Å². The van der Waals surface area contributed by atoms with Gasteiger partial charge >= 0.3 is 0 Å². The molecular formula is C43H48N4O7S. The summed E-state index contributed by atoms with van der Waals surface area (Å²) in [7, 11) is -0.591. The van der Waals surface area contributed by atoms with Gasteiger partial charge in [0.05, 0.1) is 41.6 Å². The maximum Gasteiger partial charge on any atom is 0.257 e. The number of hydrogen-bond acceptors (Lipinski definition) is 8. The third-order valence-electron chi connectivity index (χ3n) is 11.1. The molecule has 4 aromatic carbocycles. The van der Waals surface area contributed by atoms with E-state index in [4.69, 9.17) is 14.5 Å². The molecule has 7 rings (SSSR count). The molecule has 0 saturated heterocycles. The van der Waals surface area contributed by atoms with Gasteiger partial charge in [0.2, 0.25) is 15.9 Å². The molecule has 0 radical (unpaired) electrons. The zero-order chi connectivity index (χ0) is 38.7. The van der Waals surface area contributed by atoms with Gasteiger partial charge in [-0.05, 0) is 73.0 Å². The standard InChI is InChI=1S/C43H48N4O7S/c1-4-28-27-47(37-25-38(48)33-12-9-10-13-34(33)42(28)37)41(49)14-8-6-5-7-11-21-54-40-24-36-35(23-39(40)53-3)43(50)46-20-19-30(22-31(46)26-45-36)29-15-17-32(18-16-29)55(51,52)44-2/h9-10,12-13,15-19,23-26,28,31,44,48H,4-8,11,14,20-22,27H2,1-3H3/t28-,31+/m1/s1. The first-order chi connectivity index (χ1) is 26.6. The average molecular weight is 765 g/mol. The maximum absolute atomic E-state index is 13.7. The summed E-state index contributed by atoms with van der Waals surface area (Å²) in [5.74, 6) is 1.44. The van der Waals surface area contributed by atoms with Gasteiger partial charge in [-0.2, -0.15) is 0 Å². The average Bonchev–Trinajstić information content (AvgIpc) is 3.53. The number of phenols is 1. The molecule has 2 amide bonds. The fourth-order valence-electron chi connectivity index (χ4n) is 7.97. The van der Waals surface area contributed by atoms with Gasteiger partial charge < -0.3 is 24.4 Å². The van der Waals surface area contributed by atoms with Gasteiger partial charge in [-0.3, -0.25) is 14.6 Å². The van der Waals surface area contributed by atoms with E-state index in [0.29, 0.717) is 55.3 Å². The van der Waals surface area contributed by atoms with Crippen LogP contribution >= 0.6 is 0 Å². The number of rotatable bonds is 14. The molecule has 11 nitrogen and oxygen atoms in total. The second-order valence-corrected chi connectivity index (χ2v) is 16.2. The van der Waals surface area contributed by atoms with Crippen molar-refractivity contribution in [2.75, 3.05) is 38.8 Å². The number of phenolic OH excluding ortho intramolecular Hbond substituents is 1. The van der Waals surface area contributed by atoms with Crippen LogP contribution in [0.5, 0.6) is 17.2 Å². The van der Waals surface area contributed by atoms with E-state index in [1.54, 1.807) is 60.7 Å². The normalized spacial score (nSPS) is 17.7. The van der Waals surface area contributed by atoms with E-state index in [1.165, 1.54) is 12.6 Å². The number of nitrogens with one attached hydrogen (secondary N) is 1. The molecule has 2 N–H and O–H groups in total. The molecule has 288 valence electrons. The summed E-state index contributed by atoms with van der Waals surface area (Å²) in [5.41, 5.74) is 4.91. The van der Waals surface area contributed by atoms with Gasteiger partial charge in [-0.15, -0.1) is 0 Å². The fraction of sp³-hybridized carbons (Fsp3) is 0.372. The molecule has 0 spiro atoms. The Morgan fingerprint density at radius 3 is 2.47 bits per heavy atom. The summed E-state index contributed by atoms with van der Waals surface area (Å²) in [6, 6.07) is 19.6. The van der Waals surface area contributed by atoms with Crippen LogP contribution in [0.25, 0.3) is 16.3 Å². The Morgan fingerprint density at radius 2 is 1.73 bits per heavy atom. The number of unbranched alkanes of at least 4 members (excludes halogenated alkanes) is 4. The lowest BCUT2D eigenvalue weighted by Gasteiger charge is -2.32. The van der Waals surface area contributed by atoms with Crippen molar-refractivity contribution in [3.8, 4) is 17.2 Å². The minimum atomic E-state index is -3.53. The monoisotopic (exact) mass is 764 g/mol. The summed E-state index contributed by atoms with van der Waals surface area (Å²) < 4.78 is 38.4. The van der Waals surface area contributed by atoms with Crippen LogP contribution in [0.4, 0.5) is 11.4 Å². The third kappa shape index (κ3) is 7.70. The van der Waals surface area contributed by atoms with Crippen LogP contribution in [0.3, 0.4) is 0 Å². The van der Waals surface area contributed by atoms with Crippen molar-refractivity contribution in [2.45, 2.75) is 75.1 Å². The molecule has 0 bridgehead atoms. The van der Waals surface area contributed by atoms with Gasteiger partial charge in [-0.1, -0.05) is 68.7 Å². The molecule has 4 aromatic rings. The highest BCUT2D eigenvalue weighted by Gasteiger charge is 2.34. The fourth-order valence-corrected chi connectivity index (χ4v) is 8.70. The van der Waals surface area contributed by atoms with Crippen LogP contribution in [0, 0.1) is 0 Å². The topological polar surface area (TPSA) is 138 Å². The summed E-state index contributed by atoms with van der Waals surface area (Å²) >= 11 is 0.